The first kappa shape index (κ1) is 112. The third kappa shape index (κ3) is 21.9. The molecule has 0 aromatic rings. The minimum atomic E-state index is -2.22. The van der Waals surface area contributed by atoms with Crippen LogP contribution in [0, 0.1) is 56.7 Å². The number of methoxy groups -OCH3 is 2. The number of rotatable bonds is 36. The average Bonchev–Trinajstić information content (AvgIpc) is 1.24. The second-order valence-electron chi connectivity index (χ2n) is 42.7. The number of aliphatic carboxylic acids is 1. The number of fused-ring (bicyclic) bond motifs is 7. The third-order valence-corrected chi connectivity index (χ3v) is 33.6. The predicted octanol–water partition coefficient (Wildman–Crippen LogP) is -4.83. The number of carboxylic acid groups (broad SMARTS) is 1. The molecule has 51 atom stereocenters. The van der Waals surface area contributed by atoms with Crippen LogP contribution in [0.15, 0.2) is 11.6 Å². The van der Waals surface area contributed by atoms with Crippen LogP contribution in [0.1, 0.15) is 179 Å². The first-order valence-corrected chi connectivity index (χ1v) is 48.8. The normalized spacial score (nSPS) is 48.5. The van der Waals surface area contributed by atoms with Gasteiger partial charge in [0.15, 0.2) is 62.3 Å². The lowest BCUT2D eigenvalue weighted by Crippen LogP contribution is -2.70. The average molecular weight is 2010 g/mol. The van der Waals surface area contributed by atoms with E-state index >= 15 is 4.79 Å². The molecule has 22 N–H and O–H groups in total. The van der Waals surface area contributed by atoms with E-state index in [9.17, 15) is 127 Å². The Labute approximate surface area is 805 Å². The summed E-state index contributed by atoms with van der Waals surface area (Å²) in [7, 11) is 2.68. The van der Waals surface area contributed by atoms with E-state index in [1.54, 1.807) is 13.8 Å². The van der Waals surface area contributed by atoms with Gasteiger partial charge in [0.1, 0.15) is 145 Å². The van der Waals surface area contributed by atoms with Gasteiger partial charge < -0.3 is 207 Å². The number of esters is 3. The largest absolute Gasteiger partial charge is 0.479 e. The summed E-state index contributed by atoms with van der Waals surface area (Å²) in [6, 6.07) is 0. The third-order valence-electron chi connectivity index (χ3n) is 33.6. The van der Waals surface area contributed by atoms with Gasteiger partial charge in [-0.1, -0.05) is 86.8 Å². The number of carboxylic acids is 1. The van der Waals surface area contributed by atoms with E-state index in [2.05, 4.69) is 40.7 Å². The van der Waals surface area contributed by atoms with Crippen LogP contribution < -0.4 is 0 Å². The second-order valence-corrected chi connectivity index (χ2v) is 42.7. The van der Waals surface area contributed by atoms with E-state index in [0.717, 1.165) is 5.57 Å². The van der Waals surface area contributed by atoms with Gasteiger partial charge >= 0.3 is 23.9 Å². The zero-order chi connectivity index (χ0) is 102. The molecule has 139 heavy (non-hydrogen) atoms. The molecule has 0 aromatic carbocycles. The number of hydrogen-bond donors (Lipinski definition) is 22. The Morgan fingerprint density at radius 3 is 1.68 bits per heavy atom. The fraction of sp³-hybridized carbons (Fsp3) is 0.935. The SMILES string of the molecule is CCC(C)C(CC(O)CC(=O)OC1C(C)OC(OC(=O)[C@]23CCC(C)(C)CC2C2=CCC4C5(C)CCC(OC6OC(C(=O)O)C(O)C(OC7OCC(O)C(O)C7O)C6OC6OC(CO)C(O)C(O)C6O)[C@@](C)(OC)C5CCC4(C)[C@]2(C)C[C@H]3O)C(OC2OC(C)C(OC3OCC(O)C(OC4OCC(O)(CO)C4O)C3O)C(OC)C2O)C1O)OC(=O)CC(O)CC(OC1OC(CO)C(O)C1O)C(C)CC. The predicted molar refractivity (Wildman–Crippen MR) is 464 cm³/mol. The first-order valence-electron chi connectivity index (χ1n) is 48.8. The summed E-state index contributed by atoms with van der Waals surface area (Å²) in [5, 5.41) is 245. The smallest absolute Gasteiger partial charge is 0.335 e. The van der Waals surface area contributed by atoms with Crippen molar-refractivity contribution in [3.05, 3.63) is 11.6 Å². The highest BCUT2D eigenvalue weighted by molar-refractivity contribution is 5.80. The number of carbonyl (C=O) groups is 4. The number of ether oxygens (including phenoxy) is 20. The Morgan fingerprint density at radius 2 is 1.06 bits per heavy atom. The minimum Gasteiger partial charge on any atom is -0.479 e. The molecule has 47 unspecified atom stereocenters. The maximum atomic E-state index is 16.5. The van der Waals surface area contributed by atoms with Crippen LogP contribution in [-0.4, -0.2) is 447 Å². The Balaban J connectivity index is 0.753. The molecule has 5 aliphatic carbocycles. The van der Waals surface area contributed by atoms with E-state index < -0.39 is 378 Å². The molecular weight excluding hydrogens is 1850 g/mol. The van der Waals surface area contributed by atoms with E-state index in [0.29, 0.717) is 51.4 Å². The summed E-state index contributed by atoms with van der Waals surface area (Å²) in [5.41, 5.74) is -7.12. The molecule has 46 heteroatoms. The fourth-order valence-corrected chi connectivity index (χ4v) is 24.4. The summed E-state index contributed by atoms with van der Waals surface area (Å²) < 4.78 is 122. The van der Waals surface area contributed by atoms with Gasteiger partial charge in [-0.25, -0.2) is 4.79 Å². The number of allylic oxidation sites excluding steroid dienone is 2. The molecule has 8 heterocycles. The summed E-state index contributed by atoms with van der Waals surface area (Å²) >= 11 is 0. The van der Waals surface area contributed by atoms with Gasteiger partial charge in [-0.2, -0.15) is 0 Å². The fourth-order valence-electron chi connectivity index (χ4n) is 24.4. The van der Waals surface area contributed by atoms with Gasteiger partial charge in [-0.05, 0) is 130 Å². The molecule has 8 saturated heterocycles. The zero-order valence-corrected chi connectivity index (χ0v) is 81.0. The maximum Gasteiger partial charge on any atom is 0.335 e. The molecule has 0 bridgehead atoms. The molecule has 46 nitrogen and oxygen atoms in total. The Kier molecular flexibility index (Phi) is 36.2. The quantitative estimate of drug-likeness (QED) is 0.0121. The van der Waals surface area contributed by atoms with Crippen molar-refractivity contribution in [3.63, 3.8) is 0 Å². The highest BCUT2D eigenvalue weighted by Gasteiger charge is 2.74. The number of aliphatic hydroxyl groups excluding tert-OH is 20. The zero-order valence-electron chi connectivity index (χ0n) is 81.0. The monoisotopic (exact) mass is 2000 g/mol. The van der Waals surface area contributed by atoms with E-state index in [1.807, 2.05) is 20.8 Å². The van der Waals surface area contributed by atoms with Crippen molar-refractivity contribution in [1.29, 1.82) is 0 Å². The first-order chi connectivity index (χ1) is 65.3. The molecule has 13 rings (SSSR count). The van der Waals surface area contributed by atoms with Crippen molar-refractivity contribution in [2.24, 2.45) is 56.7 Å². The topological polar surface area (TPSA) is 698 Å². The van der Waals surface area contributed by atoms with Gasteiger partial charge in [0.25, 0.3) is 0 Å². The number of aliphatic hydroxyl groups is 21. The van der Waals surface area contributed by atoms with Gasteiger partial charge in [0.2, 0.25) is 6.29 Å². The van der Waals surface area contributed by atoms with Crippen molar-refractivity contribution in [1.82, 2.24) is 0 Å². The van der Waals surface area contributed by atoms with E-state index in [-0.39, 0.29) is 43.9 Å². The molecule has 12 fully saturated rings. The van der Waals surface area contributed by atoms with Crippen molar-refractivity contribution >= 4 is 23.9 Å². The van der Waals surface area contributed by atoms with Gasteiger partial charge in [-0.15, -0.1) is 0 Å². The molecule has 13 aliphatic rings. The number of hydrogen-bond acceptors (Lipinski definition) is 45. The summed E-state index contributed by atoms with van der Waals surface area (Å²) in [5.74, 6) is -6.80. The highest BCUT2D eigenvalue weighted by atomic mass is 16.8. The van der Waals surface area contributed by atoms with Crippen LogP contribution >= 0.6 is 0 Å². The lowest BCUT2D eigenvalue weighted by molar-refractivity contribution is -0.394. The van der Waals surface area contributed by atoms with E-state index in [4.69, 9.17) is 94.7 Å². The lowest BCUT2D eigenvalue weighted by Gasteiger charge is -2.71. The lowest BCUT2D eigenvalue weighted by atomic mass is 9.34. The van der Waals surface area contributed by atoms with Crippen LogP contribution in [-0.2, 0) is 114 Å². The molecular formula is C93H152O46. The van der Waals surface area contributed by atoms with E-state index in [1.165, 1.54) is 28.1 Å². The van der Waals surface area contributed by atoms with Crippen LogP contribution in [0.25, 0.3) is 0 Å². The summed E-state index contributed by atoms with van der Waals surface area (Å²) in [6.45, 7) is 18.3. The molecule has 800 valence electrons. The molecule has 0 spiro atoms. The van der Waals surface area contributed by atoms with Gasteiger partial charge in [0, 0.05) is 27.1 Å². The van der Waals surface area contributed by atoms with Crippen LogP contribution in [0.5, 0.6) is 0 Å². The van der Waals surface area contributed by atoms with Crippen molar-refractivity contribution in [3.8, 4) is 0 Å². The molecule has 0 aromatic heterocycles. The molecule has 0 amide bonds. The van der Waals surface area contributed by atoms with Crippen LogP contribution in [0.2, 0.25) is 0 Å². The summed E-state index contributed by atoms with van der Waals surface area (Å²) in [6.07, 6.45) is -63.7. The number of carbonyl (C=O) groups excluding carboxylic acids is 3. The van der Waals surface area contributed by atoms with Gasteiger partial charge in [0.05, 0.1) is 101 Å². The minimum absolute atomic E-state index is 0.00683. The highest BCUT2D eigenvalue weighted by Crippen LogP contribution is 2.76. The van der Waals surface area contributed by atoms with Crippen LogP contribution in [0.3, 0.4) is 0 Å². The standard InChI is InChI=1S/C93H152O46/c1-15-37(3)47(127-55(102)27-42(98)26-48(38(4)16-2)128-80-62(109)59(106)50(32-95)129-80)25-41(97)28-56(103)132-68-39(5)126-83(74(64(68)111)137-82-67(114)71(120-13)69(40(6)125-82)133-79-66(113)70(46(100)34-123-79)134-85-76(115)92(119,35-96)36-124-85)139-86(118)93-24-23-87(7,8)29-44(93)43-17-18-51-88(9)21-20-54(91(12,121-14)52(88)19-22-89(51,10)90(43,11)30-53(93)101)131-84-75(138-81-63(110)60(107)58(105)49(31-94)130-81)72(65(112)73(136-84)77(116)117)135-78-61(108)57(104)45(99)33-122-78/h17,37-42,44-54,57-76,78-85,94-101,104-115,119H,15-16,18-36H2,1-14H3,(H,116,117)/t37?,38?,39?,40?,41?,42?,44?,45?,46?,47?,48?,49?,50?,51?,52?,53-,54?,57?,58?,59?,60?,61?,62?,63?,64?,65?,66?,67?,68?,69?,70?,71?,72?,73?,74?,75?,76?,78?,79?,80?,81?,82?,83?,84?,85?,88?,89?,90-,91+,92?,93-/m1/s1. The van der Waals surface area contributed by atoms with Crippen molar-refractivity contribution < 1.29 is 226 Å². The maximum absolute atomic E-state index is 16.5. The van der Waals surface area contributed by atoms with Gasteiger partial charge in [-0.3, -0.25) is 14.4 Å². The van der Waals surface area contributed by atoms with Crippen LogP contribution in [0.4, 0.5) is 0 Å². The Bertz CT molecular complexity index is 4080. The summed E-state index contributed by atoms with van der Waals surface area (Å²) in [4.78, 5) is 57.8. The van der Waals surface area contributed by atoms with Crippen molar-refractivity contribution in [2.75, 3.05) is 53.9 Å². The van der Waals surface area contributed by atoms with Crippen molar-refractivity contribution in [2.45, 2.75) is 436 Å². The Hall–Kier alpha value is -3.90. The Morgan fingerprint density at radius 1 is 0.504 bits per heavy atom. The molecule has 4 saturated carbocycles. The molecule has 0 radical (unpaired) electrons. The molecule has 8 aliphatic heterocycles. The second kappa shape index (κ2) is 44.9.